The Bertz CT molecular complexity index is 1430. The van der Waals surface area contributed by atoms with Crippen molar-refractivity contribution in [2.45, 2.75) is 158 Å². The number of aliphatic carboxylic acids is 1. The number of halogens is 1. The van der Waals surface area contributed by atoms with E-state index in [0.717, 1.165) is 29.7 Å². The number of H-pyrrole nitrogens is 1. The fraction of sp³-hybridized carbons (Fsp3) is 0.480. The third kappa shape index (κ3) is 49.8. The molecule has 62 heavy (non-hydrogen) atoms. The molecule has 2 aliphatic rings. The number of ketones is 2. The summed E-state index contributed by atoms with van der Waals surface area (Å²) in [6.45, 7) is 32.0. The van der Waals surface area contributed by atoms with Crippen molar-refractivity contribution in [2.75, 3.05) is 5.73 Å². The summed E-state index contributed by atoms with van der Waals surface area (Å²) in [4.78, 5) is 38.4. The first kappa shape index (κ1) is 104. The predicted molar refractivity (Wildman–Crippen MR) is 269 cm³/mol. The van der Waals surface area contributed by atoms with Crippen LogP contribution in [0.3, 0.4) is 0 Å². The van der Waals surface area contributed by atoms with Gasteiger partial charge >= 0.3 is 11.7 Å². The number of carbonyl (C=O) groups is 3. The quantitative estimate of drug-likeness (QED) is 0.0750. The van der Waals surface area contributed by atoms with E-state index < -0.39 is 11.9 Å². The second kappa shape index (κ2) is 83.4. The molecule has 1 saturated carbocycles. The van der Waals surface area contributed by atoms with E-state index in [1.807, 2.05) is 178 Å². The summed E-state index contributed by atoms with van der Waals surface area (Å²) in [6.07, 6.45) is 3.31. The summed E-state index contributed by atoms with van der Waals surface area (Å²) >= 11 is 0. The van der Waals surface area contributed by atoms with Gasteiger partial charge in [0.25, 0.3) is 0 Å². The van der Waals surface area contributed by atoms with Gasteiger partial charge in [0, 0.05) is 141 Å². The fourth-order valence-electron chi connectivity index (χ4n) is 4.09. The molecule has 0 saturated heterocycles. The Hall–Kier alpha value is -1.17. The van der Waals surface area contributed by atoms with Crippen LogP contribution in [0.15, 0.2) is 84.9 Å². The molecule has 12 heteroatoms. The minimum atomic E-state index is -0.961. The Balaban J connectivity index is -0.0000000291. The van der Waals surface area contributed by atoms with Crippen LogP contribution in [0.4, 0.5) is 11.4 Å². The third-order valence-corrected chi connectivity index (χ3v) is 5.97. The van der Waals surface area contributed by atoms with Gasteiger partial charge in [0.15, 0.2) is 10.8 Å². The second-order valence-electron chi connectivity index (χ2n) is 8.54. The molecule has 1 aromatic heterocycles. The average molecular weight is 1120 g/mol. The molecule has 0 aliphatic heterocycles. The molecule has 0 bridgehead atoms. The van der Waals surface area contributed by atoms with Crippen molar-refractivity contribution >= 4 is 39.8 Å². The van der Waals surface area contributed by atoms with E-state index in [1.165, 1.54) is 10.9 Å². The summed E-state index contributed by atoms with van der Waals surface area (Å²) in [5.41, 5.74) is 9.90. The van der Waals surface area contributed by atoms with Crippen LogP contribution in [-0.4, -0.2) is 27.6 Å². The molecule has 6 rings (SSSR count). The van der Waals surface area contributed by atoms with Crippen LogP contribution in [0.25, 0.3) is 15.9 Å². The molecule has 1 heterocycles. The van der Waals surface area contributed by atoms with Gasteiger partial charge in [0.05, 0.1) is 5.69 Å². The van der Waals surface area contributed by atoms with Gasteiger partial charge in [0.2, 0.25) is 5.39 Å². The second-order valence-corrected chi connectivity index (χ2v) is 8.54. The molecule has 0 amide bonds. The number of aryl methyl sites for hydroxylation is 1. The van der Waals surface area contributed by atoms with Crippen LogP contribution in [-0.2, 0) is 114 Å². The van der Waals surface area contributed by atoms with Crippen molar-refractivity contribution in [2.24, 2.45) is 5.92 Å². The SMILES string of the molecule is C.C.CC.CC.CC.CC.CC.CC.CC.CC.N#[N+]c1ccccc1.Nc1ccccc1.O=C(O)C1CCCC1=O.O=C1CCc2c1[nH]c1ccccc21.[CH3-].[CH3-].[CH3-].[Cl-].[HH].[Y].[Y].[Y]. The number of hydrogen-bond donors (Lipinski definition) is 3. The first-order valence-corrected chi connectivity index (χ1v) is 20.0. The number of Topliss-reactive ketones (excluding diaryl/α,β-unsaturated/α-hetero) is 2. The van der Waals surface area contributed by atoms with Gasteiger partial charge < -0.3 is 50.5 Å². The number of benzene rings is 3. The Kier molecular flexibility index (Phi) is 139. The van der Waals surface area contributed by atoms with Crippen molar-refractivity contribution in [3.8, 4) is 0 Å². The number of fused-ring (bicyclic) bond motifs is 3. The average Bonchev–Trinajstić information content (AvgIpc) is 3.98. The van der Waals surface area contributed by atoms with Crippen molar-refractivity contribution in [3.05, 3.63) is 123 Å². The molecule has 1 fully saturated rings. The number of nitrogens with zero attached hydrogens (tertiary/aromatic N) is 2. The van der Waals surface area contributed by atoms with Gasteiger partial charge in [-0.05, 0) is 43.0 Å². The van der Waals surface area contributed by atoms with Crippen LogP contribution in [0.2, 0.25) is 0 Å². The van der Waals surface area contributed by atoms with E-state index in [9.17, 15) is 14.4 Å². The molecule has 1 atom stereocenters. The van der Waals surface area contributed by atoms with Gasteiger partial charge in [0.1, 0.15) is 11.7 Å². The van der Waals surface area contributed by atoms with Gasteiger partial charge in [-0.1, -0.05) is 180 Å². The number of aromatic nitrogens is 1. The molecule has 3 radical (unpaired) electrons. The number of hydrogen-bond acceptors (Lipinski definition) is 5. The molecule has 4 N–H and O–H groups in total. The number of carboxylic acids is 1. The maximum atomic E-state index is 11.4. The van der Waals surface area contributed by atoms with Gasteiger partial charge in [-0.25, -0.2) is 0 Å². The number of nitrogen functional groups attached to an aromatic ring is 1. The third-order valence-electron chi connectivity index (χ3n) is 5.97. The van der Waals surface area contributed by atoms with E-state index in [0.29, 0.717) is 24.9 Å². The van der Waals surface area contributed by atoms with E-state index in [2.05, 4.69) is 16.0 Å². The Morgan fingerprint density at radius 2 is 1.02 bits per heavy atom. The van der Waals surface area contributed by atoms with Crippen LogP contribution >= 0.6 is 0 Å². The number of nitrogens with one attached hydrogen (secondary N) is 1. The first-order chi connectivity index (χ1) is 25.9. The smallest absolute Gasteiger partial charge is 0.385 e. The Labute approximate surface area is 469 Å². The van der Waals surface area contributed by atoms with E-state index >= 15 is 0 Å². The molecule has 8 nitrogen and oxygen atoms in total. The molecule has 1 unspecified atom stereocenters. The summed E-state index contributed by atoms with van der Waals surface area (Å²) < 4.78 is 0. The number of nitrogens with two attached hydrogens (primary N) is 1. The summed E-state index contributed by atoms with van der Waals surface area (Å²) in [5, 5.41) is 17.7. The molecule has 3 aromatic carbocycles. The van der Waals surface area contributed by atoms with Crippen molar-refractivity contribution in [3.63, 3.8) is 0 Å². The topological polar surface area (TPSA) is 141 Å². The number of carbonyl (C=O) groups excluding carboxylic acids is 2. The number of carboxylic acid groups (broad SMARTS) is 1. The molecular weight excluding hydrogens is 1020 g/mol. The van der Waals surface area contributed by atoms with E-state index in [4.69, 9.17) is 16.2 Å². The van der Waals surface area contributed by atoms with Crippen LogP contribution < -0.4 is 18.1 Å². The fourth-order valence-corrected chi connectivity index (χ4v) is 4.09. The maximum absolute atomic E-state index is 11.4. The Morgan fingerprint density at radius 3 is 1.31 bits per heavy atom. The number of anilines is 1. The molecule has 4 aromatic rings. The Morgan fingerprint density at radius 1 is 0.645 bits per heavy atom. The minimum absolute atomic E-state index is 0. The standard InChI is InChI=1S/C11H9NO.C6H5N2.C6H7N.C6H8O3.8C2H6.2CH4.3CH3.ClH.3Y.H2/c13-10-6-5-8-7-3-1-2-4-9(7)12-11(8)10;7-8-6-4-2-1-3-5-6;7-6-4-2-1-3-5-6;7-5-3-1-2-4(5)6(8)9;8*1-2;;;;;;;;;;/h1-4,12H,5-6H2;1-5H;1-5H,7H2;4H,1-3H2,(H,8,9);8*1-2H3;2*1H4;3*1H3;1H;;;;1H/q;+1;;;;;;;;;;;;;3*-1;;;;;/p-1. The maximum Gasteiger partial charge on any atom is 0.385 e. The summed E-state index contributed by atoms with van der Waals surface area (Å²) in [7, 11) is 0. The van der Waals surface area contributed by atoms with Crippen molar-refractivity contribution in [1.29, 1.82) is 5.39 Å². The summed E-state index contributed by atoms with van der Waals surface area (Å²) in [6, 6.07) is 26.5. The van der Waals surface area contributed by atoms with Gasteiger partial charge in [-0.3, -0.25) is 14.4 Å². The normalized spacial score (nSPS) is 9.82. The van der Waals surface area contributed by atoms with E-state index in [1.54, 1.807) is 12.1 Å². The monoisotopic (exact) mass is 1120 g/mol. The molecule has 0 spiro atoms. The zero-order valence-corrected chi connectivity index (χ0v) is 50.7. The minimum Gasteiger partial charge on any atom is -1.00 e. The van der Waals surface area contributed by atoms with Gasteiger partial charge in [-0.2, -0.15) is 0 Å². The molecule has 359 valence electrons. The van der Waals surface area contributed by atoms with E-state index in [-0.39, 0.29) is 161 Å². The number of para-hydroxylation sites is 2. The predicted octanol–water partition coefficient (Wildman–Crippen LogP) is 14.3. The van der Waals surface area contributed by atoms with Crippen molar-refractivity contribution in [1.82, 2.24) is 4.98 Å². The number of aromatic amines is 1. The van der Waals surface area contributed by atoms with Gasteiger partial charge in [-0.15, -0.1) is 0 Å². The van der Waals surface area contributed by atoms with Crippen molar-refractivity contribution < 1.29 is 131 Å². The number of rotatable bonds is 1. The number of diazo groups is 1. The molecule has 2 aliphatic carbocycles. The van der Waals surface area contributed by atoms with Crippen LogP contribution in [0.1, 0.15) is 169 Å². The zero-order valence-electron chi connectivity index (χ0n) is 41.4. The molecular formula is C50H96ClN4O4Y3-3. The largest absolute Gasteiger partial charge is 1.00 e. The summed E-state index contributed by atoms with van der Waals surface area (Å²) in [5.74, 6) is -1.50. The first-order valence-electron chi connectivity index (χ1n) is 20.0. The van der Waals surface area contributed by atoms with Crippen LogP contribution in [0, 0.1) is 33.6 Å². The van der Waals surface area contributed by atoms with Crippen LogP contribution in [0.5, 0.6) is 0 Å². The zero-order chi connectivity index (χ0) is 42.6.